The summed E-state index contributed by atoms with van der Waals surface area (Å²) in [6, 6.07) is 4.35. The van der Waals surface area contributed by atoms with Crippen LogP contribution in [0.15, 0.2) is 35.0 Å². The number of aromatic nitrogens is 1. The first-order valence-electron chi connectivity index (χ1n) is 6.96. The first kappa shape index (κ1) is 14.5. The number of pyridine rings is 1. The number of anilines is 1. The lowest BCUT2D eigenvalue weighted by Gasteiger charge is -2.34. The van der Waals surface area contributed by atoms with E-state index in [1.165, 1.54) is 12.3 Å². The molecule has 2 amide bonds. The number of nitrogens with one attached hydrogen (secondary N) is 1. The van der Waals surface area contributed by atoms with Crippen LogP contribution in [-0.2, 0) is 4.74 Å². The maximum atomic E-state index is 13.6. The van der Waals surface area contributed by atoms with Gasteiger partial charge in [-0.1, -0.05) is 0 Å². The molecule has 22 heavy (non-hydrogen) atoms. The number of halogens is 1. The predicted molar refractivity (Wildman–Crippen MR) is 76.9 cm³/mol. The van der Waals surface area contributed by atoms with Crippen molar-refractivity contribution in [1.29, 1.82) is 0 Å². The molecule has 6 nitrogen and oxygen atoms in total. The molecular weight excluding hydrogens is 289 g/mol. The van der Waals surface area contributed by atoms with Gasteiger partial charge in [-0.05, 0) is 25.1 Å². The van der Waals surface area contributed by atoms with Crippen LogP contribution in [0.25, 0.3) is 0 Å². The molecule has 0 bridgehead atoms. The molecule has 3 rings (SSSR count). The summed E-state index contributed by atoms with van der Waals surface area (Å²) in [5, 5.41) is 2.56. The summed E-state index contributed by atoms with van der Waals surface area (Å²) in [7, 11) is 0. The van der Waals surface area contributed by atoms with E-state index in [-0.39, 0.29) is 11.7 Å². The number of ether oxygens (including phenoxy) is 1. The molecule has 7 heteroatoms. The Morgan fingerprint density at radius 3 is 3.05 bits per heavy atom. The van der Waals surface area contributed by atoms with E-state index in [4.69, 9.17) is 9.15 Å². The molecule has 0 spiro atoms. The first-order chi connectivity index (χ1) is 10.6. The van der Waals surface area contributed by atoms with Crippen molar-refractivity contribution in [3.8, 4) is 0 Å². The third kappa shape index (κ3) is 2.94. The fourth-order valence-corrected chi connectivity index (χ4v) is 2.38. The van der Waals surface area contributed by atoms with Crippen molar-refractivity contribution < 1.29 is 18.3 Å². The number of hydrogen-bond donors (Lipinski definition) is 1. The Bertz CT molecular complexity index is 674. The third-order valence-electron chi connectivity index (χ3n) is 3.49. The van der Waals surface area contributed by atoms with Gasteiger partial charge in [0.05, 0.1) is 25.1 Å². The van der Waals surface area contributed by atoms with Crippen LogP contribution in [0, 0.1) is 12.7 Å². The fraction of sp³-hybridized carbons (Fsp3) is 0.333. The fourth-order valence-electron chi connectivity index (χ4n) is 2.38. The highest BCUT2D eigenvalue weighted by Crippen LogP contribution is 2.26. The van der Waals surface area contributed by atoms with Gasteiger partial charge in [-0.2, -0.15) is 0 Å². The summed E-state index contributed by atoms with van der Waals surface area (Å²) in [5.41, 5.74) is 0.0980. The number of furan rings is 1. The van der Waals surface area contributed by atoms with E-state index in [9.17, 15) is 9.18 Å². The molecule has 1 N–H and O–H groups in total. The van der Waals surface area contributed by atoms with Gasteiger partial charge in [-0.15, -0.1) is 0 Å². The zero-order chi connectivity index (χ0) is 15.5. The van der Waals surface area contributed by atoms with E-state index >= 15 is 0 Å². The van der Waals surface area contributed by atoms with Crippen LogP contribution in [0.2, 0.25) is 0 Å². The second-order valence-electron chi connectivity index (χ2n) is 5.02. The summed E-state index contributed by atoms with van der Waals surface area (Å²) in [5.74, 6) is 0.846. The average Bonchev–Trinajstić information content (AvgIpc) is 2.96. The standard InChI is InChI=1S/C15H16FN3O3/c1-10-2-3-14(22-10)13-9-21-7-6-19(13)15(20)18-12-4-5-17-8-11(12)16/h2-5,8,13H,6-7,9H2,1H3,(H,17,18,20)/t13-/m0/s1. The van der Waals surface area contributed by atoms with Crippen molar-refractivity contribution in [1.82, 2.24) is 9.88 Å². The van der Waals surface area contributed by atoms with Crippen molar-refractivity contribution in [2.75, 3.05) is 25.1 Å². The Balaban J connectivity index is 1.78. The quantitative estimate of drug-likeness (QED) is 0.926. The van der Waals surface area contributed by atoms with Gasteiger partial charge in [0, 0.05) is 12.7 Å². The normalized spacial score (nSPS) is 18.3. The SMILES string of the molecule is Cc1ccc([C@@H]2COCCN2C(=O)Nc2ccncc2F)o1. The second kappa shape index (κ2) is 6.15. The minimum atomic E-state index is -0.575. The lowest BCUT2D eigenvalue weighted by atomic mass is 10.2. The van der Waals surface area contributed by atoms with Gasteiger partial charge in [-0.3, -0.25) is 4.98 Å². The van der Waals surface area contributed by atoms with E-state index in [0.717, 1.165) is 12.0 Å². The van der Waals surface area contributed by atoms with Crippen LogP contribution in [0.1, 0.15) is 17.6 Å². The van der Waals surface area contributed by atoms with E-state index in [2.05, 4.69) is 10.3 Å². The Morgan fingerprint density at radius 2 is 2.32 bits per heavy atom. The van der Waals surface area contributed by atoms with Gasteiger partial charge in [0.2, 0.25) is 0 Å². The number of urea groups is 1. The summed E-state index contributed by atoms with van der Waals surface area (Å²) < 4.78 is 24.6. The second-order valence-corrected chi connectivity index (χ2v) is 5.02. The first-order valence-corrected chi connectivity index (χ1v) is 6.96. The molecular formula is C15H16FN3O3. The van der Waals surface area contributed by atoms with Crippen molar-refractivity contribution in [3.63, 3.8) is 0 Å². The minimum absolute atomic E-state index is 0.0980. The molecule has 1 saturated heterocycles. The number of amides is 2. The van der Waals surface area contributed by atoms with Crippen LogP contribution in [0.4, 0.5) is 14.9 Å². The average molecular weight is 305 g/mol. The molecule has 2 aromatic heterocycles. The van der Waals surface area contributed by atoms with Crippen LogP contribution < -0.4 is 5.32 Å². The highest BCUT2D eigenvalue weighted by atomic mass is 19.1. The minimum Gasteiger partial charge on any atom is -0.464 e. The Kier molecular flexibility index (Phi) is 4.06. The van der Waals surface area contributed by atoms with Gasteiger partial charge < -0.3 is 19.4 Å². The van der Waals surface area contributed by atoms with Crippen molar-refractivity contribution in [2.24, 2.45) is 0 Å². The lowest BCUT2D eigenvalue weighted by Crippen LogP contribution is -2.45. The number of morpholine rings is 1. The molecule has 0 unspecified atom stereocenters. The van der Waals surface area contributed by atoms with Crippen LogP contribution >= 0.6 is 0 Å². The van der Waals surface area contributed by atoms with E-state index in [1.807, 2.05) is 19.1 Å². The third-order valence-corrected chi connectivity index (χ3v) is 3.49. The highest BCUT2D eigenvalue weighted by Gasteiger charge is 2.31. The van der Waals surface area contributed by atoms with Crippen LogP contribution in [0.3, 0.4) is 0 Å². The highest BCUT2D eigenvalue weighted by molar-refractivity contribution is 5.89. The molecule has 2 aromatic rings. The van der Waals surface area contributed by atoms with Crippen molar-refractivity contribution >= 4 is 11.7 Å². The van der Waals surface area contributed by atoms with E-state index in [1.54, 1.807) is 4.90 Å². The predicted octanol–water partition coefficient (Wildman–Crippen LogP) is 2.73. The summed E-state index contributed by atoms with van der Waals surface area (Å²) >= 11 is 0. The van der Waals surface area contributed by atoms with E-state index < -0.39 is 11.8 Å². The number of carbonyl (C=O) groups excluding carboxylic acids is 1. The molecule has 1 fully saturated rings. The van der Waals surface area contributed by atoms with Gasteiger partial charge in [0.15, 0.2) is 5.82 Å². The molecule has 0 aliphatic carbocycles. The number of rotatable bonds is 2. The Hall–Kier alpha value is -2.41. The topological polar surface area (TPSA) is 67.6 Å². The monoisotopic (exact) mass is 305 g/mol. The maximum Gasteiger partial charge on any atom is 0.322 e. The number of hydrogen-bond acceptors (Lipinski definition) is 4. The zero-order valence-electron chi connectivity index (χ0n) is 12.1. The van der Waals surface area contributed by atoms with Crippen LogP contribution in [0.5, 0.6) is 0 Å². The van der Waals surface area contributed by atoms with Gasteiger partial charge >= 0.3 is 6.03 Å². The molecule has 1 atom stereocenters. The smallest absolute Gasteiger partial charge is 0.322 e. The van der Waals surface area contributed by atoms with Crippen LogP contribution in [-0.4, -0.2) is 35.7 Å². The number of carbonyl (C=O) groups is 1. The van der Waals surface area contributed by atoms with Gasteiger partial charge in [-0.25, -0.2) is 9.18 Å². The van der Waals surface area contributed by atoms with Crippen molar-refractivity contribution in [2.45, 2.75) is 13.0 Å². The lowest BCUT2D eigenvalue weighted by molar-refractivity contribution is 0.00708. The molecule has 116 valence electrons. The molecule has 0 saturated carbocycles. The molecule has 0 aromatic carbocycles. The summed E-state index contributed by atoms with van der Waals surface area (Å²) in [6.45, 7) is 3.02. The molecule has 1 aliphatic rings. The number of aryl methyl sites for hydroxylation is 1. The molecule has 1 aliphatic heterocycles. The zero-order valence-corrected chi connectivity index (χ0v) is 12.1. The van der Waals surface area contributed by atoms with Gasteiger partial charge in [0.25, 0.3) is 0 Å². The largest absolute Gasteiger partial charge is 0.464 e. The Morgan fingerprint density at radius 1 is 1.45 bits per heavy atom. The molecule has 0 radical (unpaired) electrons. The maximum absolute atomic E-state index is 13.6. The van der Waals surface area contributed by atoms with Crippen molar-refractivity contribution in [3.05, 3.63) is 47.9 Å². The van der Waals surface area contributed by atoms with E-state index in [0.29, 0.717) is 25.5 Å². The Labute approximate surface area is 126 Å². The number of nitrogens with zero attached hydrogens (tertiary/aromatic N) is 2. The summed E-state index contributed by atoms with van der Waals surface area (Å²) in [4.78, 5) is 17.7. The molecule has 3 heterocycles. The summed E-state index contributed by atoms with van der Waals surface area (Å²) in [6.07, 6.45) is 2.48. The van der Waals surface area contributed by atoms with Gasteiger partial charge in [0.1, 0.15) is 17.6 Å².